The molecule has 0 radical (unpaired) electrons. The predicted molar refractivity (Wildman–Crippen MR) is 161 cm³/mol. The number of fused-ring (bicyclic) bond motifs is 1. The van der Waals surface area contributed by atoms with Crippen LogP contribution in [0.15, 0.2) is 60.7 Å². The first kappa shape index (κ1) is 28.1. The molecule has 0 bridgehead atoms. The number of piperidine rings is 1. The minimum Gasteiger partial charge on any atom is -0.445 e. The van der Waals surface area contributed by atoms with Crippen LogP contribution in [0.1, 0.15) is 75.3 Å². The molecule has 6 rings (SSSR count). The molecule has 0 spiro atoms. The Labute approximate surface area is 245 Å². The van der Waals surface area contributed by atoms with Crippen LogP contribution in [-0.2, 0) is 11.3 Å². The minimum atomic E-state index is -0.206. The average Bonchev–Trinajstić information content (AvgIpc) is 3.57. The molecule has 41 heavy (non-hydrogen) atoms. The highest BCUT2D eigenvalue weighted by atomic mass is 16.6. The van der Waals surface area contributed by atoms with Gasteiger partial charge in [0.1, 0.15) is 6.61 Å². The van der Waals surface area contributed by atoms with Crippen LogP contribution < -0.4 is 5.32 Å². The van der Waals surface area contributed by atoms with Crippen LogP contribution >= 0.6 is 0 Å². The molecule has 2 aliphatic heterocycles. The summed E-state index contributed by atoms with van der Waals surface area (Å²) in [6.45, 7) is 6.06. The fraction of sp³-hybridized carbons (Fsp3) is 0.588. The second-order valence-electron chi connectivity index (χ2n) is 12.6. The van der Waals surface area contributed by atoms with Crippen LogP contribution in [0.3, 0.4) is 0 Å². The number of hydrogen-bond donors (Lipinski definition) is 1. The van der Waals surface area contributed by atoms with Gasteiger partial charge in [-0.1, -0.05) is 73.5 Å². The van der Waals surface area contributed by atoms with E-state index in [1.807, 2.05) is 42.2 Å². The summed E-state index contributed by atoms with van der Waals surface area (Å²) in [5.74, 6) is 0.988. The van der Waals surface area contributed by atoms with Crippen LogP contribution in [0.2, 0.25) is 0 Å². The Morgan fingerprint density at radius 2 is 1.66 bits per heavy atom. The van der Waals surface area contributed by atoms with Crippen molar-refractivity contribution in [2.75, 3.05) is 26.2 Å². The van der Waals surface area contributed by atoms with Gasteiger partial charge < -0.3 is 24.8 Å². The molecule has 220 valence electrons. The van der Waals surface area contributed by atoms with E-state index in [0.29, 0.717) is 43.1 Å². The van der Waals surface area contributed by atoms with Gasteiger partial charge in [0.25, 0.3) is 0 Å². The quantitative estimate of drug-likeness (QED) is 0.431. The Morgan fingerprint density at radius 3 is 2.39 bits per heavy atom. The van der Waals surface area contributed by atoms with Crippen molar-refractivity contribution in [3.63, 3.8) is 0 Å². The summed E-state index contributed by atoms with van der Waals surface area (Å²) < 4.78 is 5.67. The Morgan fingerprint density at radius 1 is 0.951 bits per heavy atom. The SMILES string of the molecule is CCN(C(=O)OCc1ccccc1)C1CCN(C[C@H]2CC(N3C(=O)N[C@@H]4CCCC[C@@H]43)C[C@@H]2c2ccccc2)CC1. The van der Waals surface area contributed by atoms with E-state index in [9.17, 15) is 9.59 Å². The number of benzene rings is 2. The van der Waals surface area contributed by atoms with Crippen molar-refractivity contribution in [1.82, 2.24) is 20.0 Å². The maximum atomic E-state index is 13.1. The van der Waals surface area contributed by atoms with Crippen molar-refractivity contribution >= 4 is 12.1 Å². The summed E-state index contributed by atoms with van der Waals surface area (Å²) in [6, 6.07) is 22.3. The molecule has 1 N–H and O–H groups in total. The molecule has 2 aliphatic carbocycles. The zero-order valence-electron chi connectivity index (χ0n) is 24.5. The fourth-order valence-corrected chi connectivity index (χ4v) is 8.15. The number of amides is 3. The first-order chi connectivity index (χ1) is 20.1. The number of nitrogens with zero attached hydrogens (tertiary/aromatic N) is 3. The Hall–Kier alpha value is -3.06. The van der Waals surface area contributed by atoms with Gasteiger partial charge in [-0.2, -0.15) is 0 Å². The van der Waals surface area contributed by atoms with Gasteiger partial charge >= 0.3 is 12.1 Å². The lowest BCUT2D eigenvalue weighted by Crippen LogP contribution is -2.48. The third-order valence-electron chi connectivity index (χ3n) is 10.2. The number of hydrogen-bond acceptors (Lipinski definition) is 4. The maximum absolute atomic E-state index is 13.1. The molecular weight excluding hydrogens is 512 g/mol. The summed E-state index contributed by atoms with van der Waals surface area (Å²) in [5, 5.41) is 3.32. The molecule has 3 amide bonds. The van der Waals surface area contributed by atoms with E-state index >= 15 is 0 Å². The van der Waals surface area contributed by atoms with Crippen LogP contribution in [0, 0.1) is 5.92 Å². The summed E-state index contributed by atoms with van der Waals surface area (Å²) in [6.07, 6.45) is 8.58. The Bertz CT molecular complexity index is 1150. The normalized spacial score (nSPS) is 28.8. The van der Waals surface area contributed by atoms with Crippen molar-refractivity contribution < 1.29 is 14.3 Å². The molecule has 1 unspecified atom stereocenters. The van der Waals surface area contributed by atoms with E-state index in [0.717, 1.165) is 63.7 Å². The molecule has 2 heterocycles. The van der Waals surface area contributed by atoms with Crippen molar-refractivity contribution in [2.45, 2.75) is 95.0 Å². The van der Waals surface area contributed by atoms with Crippen LogP contribution in [0.25, 0.3) is 0 Å². The minimum absolute atomic E-state index is 0.166. The zero-order chi connectivity index (χ0) is 28.2. The van der Waals surface area contributed by atoms with Gasteiger partial charge in [-0.15, -0.1) is 0 Å². The third kappa shape index (κ3) is 6.25. The summed E-state index contributed by atoms with van der Waals surface area (Å²) in [4.78, 5) is 32.9. The third-order valence-corrected chi connectivity index (χ3v) is 10.2. The maximum Gasteiger partial charge on any atom is 0.410 e. The Balaban J connectivity index is 1.07. The van der Waals surface area contributed by atoms with Crippen molar-refractivity contribution in [3.8, 4) is 0 Å². The number of nitrogens with one attached hydrogen (secondary N) is 1. The van der Waals surface area contributed by atoms with Gasteiger partial charge in [0.15, 0.2) is 0 Å². The molecule has 5 atom stereocenters. The number of ether oxygens (including phenoxy) is 1. The lowest BCUT2D eigenvalue weighted by molar-refractivity contribution is 0.0599. The fourth-order valence-electron chi connectivity index (χ4n) is 8.15. The van der Waals surface area contributed by atoms with Gasteiger partial charge in [0, 0.05) is 38.3 Å². The molecule has 2 aromatic carbocycles. The summed E-state index contributed by atoms with van der Waals surface area (Å²) in [7, 11) is 0. The summed E-state index contributed by atoms with van der Waals surface area (Å²) >= 11 is 0. The van der Waals surface area contributed by atoms with E-state index in [2.05, 4.69) is 45.4 Å². The topological polar surface area (TPSA) is 65.1 Å². The molecule has 4 aliphatic rings. The molecule has 4 fully saturated rings. The van der Waals surface area contributed by atoms with Gasteiger partial charge in [-0.05, 0) is 68.4 Å². The number of carbonyl (C=O) groups is 2. The lowest BCUT2D eigenvalue weighted by Gasteiger charge is -2.39. The monoisotopic (exact) mass is 558 g/mol. The lowest BCUT2D eigenvalue weighted by atomic mass is 9.88. The van der Waals surface area contributed by atoms with E-state index in [1.165, 1.54) is 18.4 Å². The molecule has 0 aromatic heterocycles. The predicted octanol–water partition coefficient (Wildman–Crippen LogP) is 6.01. The second kappa shape index (κ2) is 12.8. The van der Waals surface area contributed by atoms with Gasteiger partial charge in [-0.3, -0.25) is 0 Å². The van der Waals surface area contributed by atoms with Crippen molar-refractivity contribution in [3.05, 3.63) is 71.8 Å². The smallest absolute Gasteiger partial charge is 0.410 e. The first-order valence-electron chi connectivity index (χ1n) is 15.9. The van der Waals surface area contributed by atoms with E-state index in [4.69, 9.17) is 4.74 Å². The Kier molecular flexibility index (Phi) is 8.80. The van der Waals surface area contributed by atoms with E-state index in [-0.39, 0.29) is 18.2 Å². The first-order valence-corrected chi connectivity index (χ1v) is 15.9. The largest absolute Gasteiger partial charge is 0.445 e. The number of likely N-dealkylation sites (tertiary alicyclic amines) is 1. The molecule has 2 aromatic rings. The number of urea groups is 1. The highest BCUT2D eigenvalue weighted by Crippen LogP contribution is 2.45. The standard InChI is InChI=1S/C34H46N4O3/c1-2-37(34(40)41-24-25-11-5-3-6-12-25)28-17-19-36(20-18-28)23-27-21-29(22-30(27)26-13-7-4-8-14-26)38-32-16-10-9-15-31(32)35-33(38)39/h3-8,11-14,27-32H,2,9-10,15-24H2,1H3,(H,35,39)/t27-,29?,30-,31-,32+/m1/s1. The van der Waals surface area contributed by atoms with Crippen molar-refractivity contribution in [1.29, 1.82) is 0 Å². The average molecular weight is 559 g/mol. The highest BCUT2D eigenvalue weighted by molar-refractivity contribution is 5.78. The van der Waals surface area contributed by atoms with E-state index in [1.54, 1.807) is 0 Å². The van der Waals surface area contributed by atoms with E-state index < -0.39 is 0 Å². The van der Waals surface area contributed by atoms with Gasteiger partial charge in [0.2, 0.25) is 0 Å². The molecule has 7 heteroatoms. The molecular formula is C34H46N4O3. The van der Waals surface area contributed by atoms with Crippen LogP contribution in [0.4, 0.5) is 9.59 Å². The highest BCUT2D eigenvalue weighted by Gasteiger charge is 2.48. The molecule has 2 saturated carbocycles. The molecule has 2 saturated heterocycles. The van der Waals surface area contributed by atoms with Crippen LogP contribution in [-0.4, -0.2) is 77.2 Å². The van der Waals surface area contributed by atoms with Gasteiger partial charge in [-0.25, -0.2) is 9.59 Å². The van der Waals surface area contributed by atoms with Crippen LogP contribution in [0.5, 0.6) is 0 Å². The summed E-state index contributed by atoms with van der Waals surface area (Å²) in [5.41, 5.74) is 2.42. The molecule has 7 nitrogen and oxygen atoms in total. The number of carbonyl (C=O) groups excluding carboxylic acids is 2. The second-order valence-corrected chi connectivity index (χ2v) is 12.6. The van der Waals surface area contributed by atoms with Crippen molar-refractivity contribution in [2.24, 2.45) is 5.92 Å². The van der Waals surface area contributed by atoms with Gasteiger partial charge in [0.05, 0.1) is 12.1 Å². The zero-order valence-corrected chi connectivity index (χ0v) is 24.5. The number of rotatable bonds is 8.